The van der Waals surface area contributed by atoms with Crippen LogP contribution in [0.4, 0.5) is 0 Å². The second kappa shape index (κ2) is 8.71. The average Bonchev–Trinajstić information content (AvgIpc) is 3.25. The van der Waals surface area contributed by atoms with Gasteiger partial charge in [-0.25, -0.2) is 0 Å². The number of nitrogens with one attached hydrogen (secondary N) is 1. The first-order valence-corrected chi connectivity index (χ1v) is 10.0. The lowest BCUT2D eigenvalue weighted by molar-refractivity contribution is -0.131. The second-order valence-corrected chi connectivity index (χ2v) is 7.66. The normalized spacial score (nSPS) is 20.4. The molecule has 0 saturated carbocycles. The van der Waals surface area contributed by atoms with Gasteiger partial charge in [-0.15, -0.1) is 0 Å². The molecule has 0 spiro atoms. The molecule has 148 valence electrons. The predicted octanol–water partition coefficient (Wildman–Crippen LogP) is 1.75. The molecule has 6 nitrogen and oxygen atoms in total. The van der Waals surface area contributed by atoms with Crippen LogP contribution in [-0.4, -0.2) is 74.1 Å². The third-order valence-electron chi connectivity index (χ3n) is 5.68. The van der Waals surface area contributed by atoms with Crippen LogP contribution < -0.4 is 5.32 Å². The maximum atomic E-state index is 12.5. The number of ether oxygens (including phenoxy) is 1. The summed E-state index contributed by atoms with van der Waals surface area (Å²) < 4.78 is 5.44. The Kier molecular flexibility index (Phi) is 5.88. The van der Waals surface area contributed by atoms with Crippen molar-refractivity contribution in [2.75, 3.05) is 52.5 Å². The van der Waals surface area contributed by atoms with E-state index in [1.54, 1.807) is 6.07 Å². The molecule has 6 heteroatoms. The van der Waals surface area contributed by atoms with E-state index >= 15 is 0 Å². The molecule has 2 heterocycles. The van der Waals surface area contributed by atoms with Crippen molar-refractivity contribution in [3.63, 3.8) is 0 Å². The highest BCUT2D eigenvalue weighted by Gasteiger charge is 2.24. The van der Waals surface area contributed by atoms with E-state index in [1.165, 1.54) is 0 Å². The van der Waals surface area contributed by atoms with Gasteiger partial charge < -0.3 is 15.0 Å². The zero-order chi connectivity index (χ0) is 19.3. The lowest BCUT2D eigenvalue weighted by atomic mass is 10.1. The smallest absolute Gasteiger partial charge is 0.251 e. The minimum absolute atomic E-state index is 0.0158. The van der Waals surface area contributed by atoms with E-state index in [0.29, 0.717) is 11.5 Å². The first-order chi connectivity index (χ1) is 13.7. The first kappa shape index (κ1) is 18.9. The molecule has 1 N–H and O–H groups in total. The molecule has 28 heavy (non-hydrogen) atoms. The van der Waals surface area contributed by atoms with Crippen LogP contribution in [0.15, 0.2) is 42.5 Å². The topological polar surface area (TPSA) is 61.9 Å². The molecule has 4 rings (SSSR count). The summed E-state index contributed by atoms with van der Waals surface area (Å²) >= 11 is 0. The van der Waals surface area contributed by atoms with Gasteiger partial charge in [0.2, 0.25) is 5.91 Å². The van der Waals surface area contributed by atoms with Crippen molar-refractivity contribution in [3.05, 3.63) is 48.0 Å². The van der Waals surface area contributed by atoms with Crippen molar-refractivity contribution in [1.82, 2.24) is 15.1 Å². The summed E-state index contributed by atoms with van der Waals surface area (Å²) in [5.74, 6) is 0.403. The van der Waals surface area contributed by atoms with Crippen molar-refractivity contribution in [2.45, 2.75) is 6.42 Å². The Morgan fingerprint density at radius 2 is 1.82 bits per heavy atom. The molecule has 1 atom stereocenters. The average molecular weight is 381 g/mol. The van der Waals surface area contributed by atoms with Crippen LogP contribution in [0.1, 0.15) is 16.8 Å². The number of benzene rings is 2. The number of piperazine rings is 1. The van der Waals surface area contributed by atoms with E-state index in [4.69, 9.17) is 4.74 Å². The van der Waals surface area contributed by atoms with Crippen LogP contribution in [0.25, 0.3) is 10.8 Å². The summed E-state index contributed by atoms with van der Waals surface area (Å²) in [4.78, 5) is 29.2. The summed E-state index contributed by atoms with van der Waals surface area (Å²) in [6.07, 6.45) is 1.14. The molecular formula is C22H27N3O3. The summed E-state index contributed by atoms with van der Waals surface area (Å²) in [5, 5.41) is 4.88. The van der Waals surface area contributed by atoms with Crippen LogP contribution in [0.5, 0.6) is 0 Å². The molecule has 2 aromatic carbocycles. The maximum absolute atomic E-state index is 12.5. The molecule has 2 aliphatic heterocycles. The van der Waals surface area contributed by atoms with Gasteiger partial charge in [-0.2, -0.15) is 0 Å². The van der Waals surface area contributed by atoms with Gasteiger partial charge in [0, 0.05) is 44.9 Å². The SMILES string of the molecule is O=C(NCC(=O)N1CCN(CC2CCOC2)CC1)c1ccc2ccccc2c1. The first-order valence-electron chi connectivity index (χ1n) is 10.0. The van der Waals surface area contributed by atoms with E-state index in [9.17, 15) is 9.59 Å². The fourth-order valence-corrected chi connectivity index (χ4v) is 3.97. The molecule has 2 fully saturated rings. The predicted molar refractivity (Wildman–Crippen MR) is 108 cm³/mol. The number of hydrogen-bond donors (Lipinski definition) is 1. The molecule has 2 saturated heterocycles. The number of rotatable bonds is 5. The monoisotopic (exact) mass is 381 g/mol. The van der Waals surface area contributed by atoms with Crippen molar-refractivity contribution in [2.24, 2.45) is 5.92 Å². The highest BCUT2D eigenvalue weighted by molar-refractivity contribution is 6.00. The van der Waals surface area contributed by atoms with E-state index in [1.807, 2.05) is 41.3 Å². The molecule has 0 aromatic heterocycles. The number of nitrogens with zero attached hydrogens (tertiary/aromatic N) is 2. The van der Waals surface area contributed by atoms with Crippen LogP contribution in [0, 0.1) is 5.92 Å². The number of amides is 2. The minimum Gasteiger partial charge on any atom is -0.381 e. The fraction of sp³-hybridized carbons (Fsp3) is 0.455. The van der Waals surface area contributed by atoms with Gasteiger partial charge >= 0.3 is 0 Å². The number of carbonyl (C=O) groups excluding carboxylic acids is 2. The molecular weight excluding hydrogens is 354 g/mol. The van der Waals surface area contributed by atoms with Gasteiger partial charge in [-0.1, -0.05) is 30.3 Å². The Morgan fingerprint density at radius 1 is 1.04 bits per heavy atom. The van der Waals surface area contributed by atoms with E-state index in [0.717, 1.165) is 63.1 Å². The number of fused-ring (bicyclic) bond motifs is 1. The standard InChI is InChI=1S/C22H27N3O3/c26-21(25-10-8-24(9-11-25)15-17-7-12-28-16-17)14-23-22(27)20-6-5-18-3-1-2-4-19(18)13-20/h1-6,13,17H,7-12,14-16H2,(H,23,27). The highest BCUT2D eigenvalue weighted by Crippen LogP contribution is 2.16. The highest BCUT2D eigenvalue weighted by atomic mass is 16.5. The van der Waals surface area contributed by atoms with Crippen molar-refractivity contribution in [1.29, 1.82) is 0 Å². The number of hydrogen-bond acceptors (Lipinski definition) is 4. The van der Waals surface area contributed by atoms with Crippen LogP contribution in [0.3, 0.4) is 0 Å². The van der Waals surface area contributed by atoms with E-state index in [2.05, 4.69) is 10.2 Å². The molecule has 2 aliphatic rings. The Balaban J connectivity index is 1.24. The molecule has 0 bridgehead atoms. The Hall–Kier alpha value is -2.44. The van der Waals surface area contributed by atoms with Crippen molar-refractivity contribution >= 4 is 22.6 Å². The third kappa shape index (κ3) is 4.51. The van der Waals surface area contributed by atoms with Gasteiger partial charge in [0.15, 0.2) is 0 Å². The summed E-state index contributed by atoms with van der Waals surface area (Å²) in [6.45, 7) is 6.06. The Morgan fingerprint density at radius 3 is 2.57 bits per heavy atom. The quantitative estimate of drug-likeness (QED) is 0.857. The number of carbonyl (C=O) groups is 2. The zero-order valence-electron chi connectivity index (χ0n) is 16.1. The molecule has 0 aliphatic carbocycles. The zero-order valence-corrected chi connectivity index (χ0v) is 16.1. The molecule has 1 unspecified atom stereocenters. The second-order valence-electron chi connectivity index (χ2n) is 7.66. The van der Waals surface area contributed by atoms with Gasteiger partial charge in [0.05, 0.1) is 13.2 Å². The Labute approximate surface area is 165 Å². The molecule has 2 aromatic rings. The lowest BCUT2D eigenvalue weighted by Gasteiger charge is -2.35. The van der Waals surface area contributed by atoms with Gasteiger partial charge in [0.25, 0.3) is 5.91 Å². The summed E-state index contributed by atoms with van der Waals surface area (Å²) in [6, 6.07) is 13.5. The minimum atomic E-state index is -0.209. The largest absolute Gasteiger partial charge is 0.381 e. The van der Waals surface area contributed by atoms with Gasteiger partial charge in [-0.05, 0) is 35.2 Å². The molecule has 2 amide bonds. The van der Waals surface area contributed by atoms with Crippen molar-refractivity contribution in [3.8, 4) is 0 Å². The third-order valence-corrected chi connectivity index (χ3v) is 5.68. The van der Waals surface area contributed by atoms with E-state index < -0.39 is 0 Å². The van der Waals surface area contributed by atoms with Crippen LogP contribution in [-0.2, 0) is 9.53 Å². The summed E-state index contributed by atoms with van der Waals surface area (Å²) in [7, 11) is 0. The summed E-state index contributed by atoms with van der Waals surface area (Å²) in [5.41, 5.74) is 0.579. The van der Waals surface area contributed by atoms with Crippen LogP contribution in [0.2, 0.25) is 0 Å². The Bertz CT molecular complexity index is 840. The molecule has 0 radical (unpaired) electrons. The van der Waals surface area contributed by atoms with Gasteiger partial charge in [-0.3, -0.25) is 14.5 Å². The van der Waals surface area contributed by atoms with E-state index in [-0.39, 0.29) is 18.4 Å². The lowest BCUT2D eigenvalue weighted by Crippen LogP contribution is -2.52. The van der Waals surface area contributed by atoms with Gasteiger partial charge in [0.1, 0.15) is 0 Å². The maximum Gasteiger partial charge on any atom is 0.251 e. The van der Waals surface area contributed by atoms with Crippen LogP contribution >= 0.6 is 0 Å². The van der Waals surface area contributed by atoms with Crippen molar-refractivity contribution < 1.29 is 14.3 Å². The fourth-order valence-electron chi connectivity index (χ4n) is 3.97.